The lowest BCUT2D eigenvalue weighted by atomic mass is 10.8. The van der Waals surface area contributed by atoms with Gasteiger partial charge in [0.15, 0.2) is 0 Å². The van der Waals surface area contributed by atoms with Crippen molar-refractivity contribution in [3.05, 3.63) is 0 Å². The first-order valence-electron chi connectivity index (χ1n) is 2.27. The molecule has 0 radical (unpaired) electrons. The Labute approximate surface area is 66.1 Å². The van der Waals surface area contributed by atoms with Gasteiger partial charge in [-0.15, -0.1) is 0 Å². The first-order chi connectivity index (χ1) is 4.36. The molecule has 0 saturated carbocycles. The average molecular weight is 201 g/mol. The van der Waals surface area contributed by atoms with E-state index in [4.69, 9.17) is 0 Å². The van der Waals surface area contributed by atoms with Crippen molar-refractivity contribution >= 4 is 23.2 Å². The number of hydrogen-bond donors (Lipinski definition) is 0. The minimum atomic E-state index is -4.47. The lowest BCUT2D eigenvalue weighted by molar-refractivity contribution is -0.115. The monoisotopic (exact) mass is 200 g/mol. The predicted octanol–water partition coefficient (Wildman–Crippen LogP) is 3.33. The Balaban J connectivity index is 0. The van der Waals surface area contributed by atoms with E-state index in [0.29, 0.717) is 0 Å². The van der Waals surface area contributed by atoms with Crippen LogP contribution in [0.1, 0.15) is 6.92 Å². The second-order valence-electron chi connectivity index (χ2n) is 1.11. The molecule has 0 nitrogen and oxygen atoms in total. The molecule has 0 saturated heterocycles. The minimum absolute atomic E-state index is 0.250. The molecule has 0 N–H and O–H groups in total. The van der Waals surface area contributed by atoms with Crippen molar-refractivity contribution in [3.63, 3.8) is 0 Å². The molecular formula is C4H6Cl2F4. The van der Waals surface area contributed by atoms with Crippen LogP contribution in [0.3, 0.4) is 0 Å². The van der Waals surface area contributed by atoms with Crippen molar-refractivity contribution in [1.82, 2.24) is 0 Å². The van der Waals surface area contributed by atoms with Crippen LogP contribution in [-0.4, -0.2) is 17.7 Å². The van der Waals surface area contributed by atoms with Gasteiger partial charge in [0.1, 0.15) is 0 Å². The number of alkyl halides is 6. The Morgan fingerprint density at radius 1 is 1.30 bits per heavy atom. The Bertz CT molecular complexity index is 70.1. The number of rotatable bonds is 0. The van der Waals surface area contributed by atoms with Crippen molar-refractivity contribution in [2.24, 2.45) is 0 Å². The largest absolute Gasteiger partial charge is 0.418 e. The molecule has 6 heteroatoms. The van der Waals surface area contributed by atoms with Gasteiger partial charge in [0, 0.05) is 0 Å². The molecule has 0 aromatic rings. The molecule has 0 rings (SSSR count). The molecule has 0 amide bonds. The molecule has 10 heavy (non-hydrogen) atoms. The first-order valence-corrected chi connectivity index (χ1v) is 3.14. The van der Waals surface area contributed by atoms with Crippen LogP contribution in [0.25, 0.3) is 0 Å². The van der Waals surface area contributed by atoms with Crippen LogP contribution in [0.2, 0.25) is 0 Å². The summed E-state index contributed by atoms with van der Waals surface area (Å²) in [6, 6.07) is 0. The topological polar surface area (TPSA) is 0 Å². The smallest absolute Gasteiger partial charge is 0.251 e. The van der Waals surface area contributed by atoms with Crippen molar-refractivity contribution in [2.75, 3.05) is 6.67 Å². The Kier molecular flexibility index (Phi) is 7.81. The van der Waals surface area contributed by atoms with Gasteiger partial charge in [0.2, 0.25) is 4.84 Å². The Morgan fingerprint density at radius 2 is 1.40 bits per heavy atom. The van der Waals surface area contributed by atoms with Gasteiger partial charge in [-0.05, 0) is 6.92 Å². The third-order valence-corrected chi connectivity index (χ3v) is 0.742. The van der Waals surface area contributed by atoms with Crippen molar-refractivity contribution in [3.8, 4) is 0 Å². The molecule has 64 valence electrons. The maximum atomic E-state index is 10.9. The summed E-state index contributed by atoms with van der Waals surface area (Å²) in [4.78, 5) is -2.26. The molecule has 0 aliphatic carbocycles. The number of hydrogen-bond acceptors (Lipinski definition) is 0. The predicted molar refractivity (Wildman–Crippen MR) is 33.2 cm³/mol. The Morgan fingerprint density at radius 3 is 1.40 bits per heavy atom. The van der Waals surface area contributed by atoms with E-state index < -0.39 is 11.0 Å². The summed E-state index contributed by atoms with van der Waals surface area (Å²) in [7, 11) is 0. The summed E-state index contributed by atoms with van der Waals surface area (Å²) in [6.07, 6.45) is -4.47. The molecule has 0 unspecified atom stereocenters. The van der Waals surface area contributed by atoms with E-state index in [9.17, 15) is 17.6 Å². The third-order valence-electron chi connectivity index (χ3n) is 0.247. The van der Waals surface area contributed by atoms with E-state index in [1.807, 2.05) is 0 Å². The van der Waals surface area contributed by atoms with Gasteiger partial charge >= 0.3 is 6.18 Å². The highest BCUT2D eigenvalue weighted by molar-refractivity contribution is 6.44. The fourth-order valence-corrected chi connectivity index (χ4v) is 0. The molecule has 0 aromatic heterocycles. The van der Waals surface area contributed by atoms with Crippen molar-refractivity contribution < 1.29 is 17.6 Å². The lowest BCUT2D eigenvalue weighted by Crippen LogP contribution is -2.16. The average Bonchev–Trinajstić information content (AvgIpc) is 1.64. The Hall–Kier alpha value is 0.300. The summed E-state index contributed by atoms with van der Waals surface area (Å²) in [6.45, 7) is 1.21. The van der Waals surface area contributed by atoms with Gasteiger partial charge in [0.05, 0.1) is 6.67 Å². The quantitative estimate of drug-likeness (QED) is 0.416. The molecule has 0 bridgehead atoms. The van der Waals surface area contributed by atoms with E-state index in [1.165, 1.54) is 6.92 Å². The van der Waals surface area contributed by atoms with E-state index in [-0.39, 0.29) is 6.67 Å². The second kappa shape index (κ2) is 6.04. The molecule has 0 atom stereocenters. The molecule has 0 aromatic carbocycles. The zero-order valence-electron chi connectivity index (χ0n) is 5.05. The molecule has 0 spiro atoms. The molecular weight excluding hydrogens is 195 g/mol. The highest BCUT2D eigenvalue weighted by atomic mass is 35.5. The SMILES string of the molecule is CCF.FC(F)(F)C(Cl)Cl. The summed E-state index contributed by atoms with van der Waals surface area (Å²) < 4.78 is 43.0. The van der Waals surface area contributed by atoms with E-state index in [1.54, 1.807) is 0 Å². The normalized spacial score (nSPS) is 10.8. The minimum Gasteiger partial charge on any atom is -0.251 e. The van der Waals surface area contributed by atoms with Crippen LogP contribution in [0, 0.1) is 0 Å². The van der Waals surface area contributed by atoms with E-state index in [0.717, 1.165) is 0 Å². The zero-order valence-corrected chi connectivity index (χ0v) is 6.56. The summed E-state index contributed by atoms with van der Waals surface area (Å²) in [5.74, 6) is 0. The number of halogens is 6. The van der Waals surface area contributed by atoms with Crippen LogP contribution in [-0.2, 0) is 0 Å². The zero-order chi connectivity index (χ0) is 8.78. The second-order valence-corrected chi connectivity index (χ2v) is 2.21. The van der Waals surface area contributed by atoms with Crippen LogP contribution in [0.4, 0.5) is 17.6 Å². The van der Waals surface area contributed by atoms with Crippen LogP contribution >= 0.6 is 23.2 Å². The highest BCUT2D eigenvalue weighted by Gasteiger charge is 2.36. The van der Waals surface area contributed by atoms with Gasteiger partial charge in [-0.1, -0.05) is 23.2 Å². The van der Waals surface area contributed by atoms with Crippen LogP contribution in [0.15, 0.2) is 0 Å². The molecule has 0 fully saturated rings. The maximum absolute atomic E-state index is 10.9. The fourth-order valence-electron chi connectivity index (χ4n) is 0. The summed E-state index contributed by atoms with van der Waals surface area (Å²) in [5, 5.41) is 0. The van der Waals surface area contributed by atoms with Crippen LogP contribution < -0.4 is 0 Å². The first kappa shape index (κ1) is 12.9. The van der Waals surface area contributed by atoms with Crippen molar-refractivity contribution in [1.29, 1.82) is 0 Å². The van der Waals surface area contributed by atoms with Gasteiger partial charge < -0.3 is 0 Å². The van der Waals surface area contributed by atoms with Crippen molar-refractivity contribution in [2.45, 2.75) is 17.9 Å². The molecule has 0 aliphatic heterocycles. The maximum Gasteiger partial charge on any atom is 0.418 e. The summed E-state index contributed by atoms with van der Waals surface area (Å²) in [5.41, 5.74) is 0. The lowest BCUT2D eigenvalue weighted by Gasteiger charge is -2.03. The van der Waals surface area contributed by atoms with Gasteiger partial charge in [-0.3, -0.25) is 4.39 Å². The fraction of sp³-hybridized carbons (Fsp3) is 1.00. The van der Waals surface area contributed by atoms with Crippen LogP contribution in [0.5, 0.6) is 0 Å². The van der Waals surface area contributed by atoms with E-state index in [2.05, 4.69) is 23.2 Å². The third kappa shape index (κ3) is 11.1. The molecule has 0 aliphatic rings. The van der Waals surface area contributed by atoms with Gasteiger partial charge in [-0.2, -0.15) is 13.2 Å². The standard InChI is InChI=1S/C2HCl2F3.C2H5F/c3-1(4)2(5,6)7;1-2-3/h1H;2H2,1H3. The highest BCUT2D eigenvalue weighted by Crippen LogP contribution is 2.26. The van der Waals surface area contributed by atoms with Gasteiger partial charge in [0.25, 0.3) is 0 Å². The molecule has 0 heterocycles. The summed E-state index contributed by atoms with van der Waals surface area (Å²) >= 11 is 8.79. The van der Waals surface area contributed by atoms with E-state index >= 15 is 0 Å². The van der Waals surface area contributed by atoms with Gasteiger partial charge in [-0.25, -0.2) is 0 Å².